The average molecular weight is 326 g/mol. The summed E-state index contributed by atoms with van der Waals surface area (Å²) in [5.41, 5.74) is 4.00. The molecule has 2 heterocycles. The number of fused-ring (bicyclic) bond motifs is 2. The second kappa shape index (κ2) is 5.39. The van der Waals surface area contributed by atoms with Crippen LogP contribution in [0.1, 0.15) is 34.1 Å². The number of benzene rings is 1. The number of halogens is 1. The molecule has 4 rings (SSSR count). The van der Waals surface area contributed by atoms with Crippen LogP contribution in [0.4, 0.5) is 0 Å². The number of aryl methyl sites for hydroxylation is 2. The van der Waals surface area contributed by atoms with Crippen molar-refractivity contribution in [2.24, 2.45) is 7.05 Å². The van der Waals surface area contributed by atoms with Crippen molar-refractivity contribution < 1.29 is 4.79 Å². The Labute approximate surface area is 139 Å². The lowest BCUT2D eigenvalue weighted by Gasteiger charge is -2.14. The van der Waals surface area contributed by atoms with Gasteiger partial charge in [-0.3, -0.25) is 9.78 Å². The molecule has 1 aliphatic carbocycles. The minimum Gasteiger partial charge on any atom is -0.344 e. The molecule has 3 aromatic rings. The van der Waals surface area contributed by atoms with Crippen molar-refractivity contribution in [3.8, 4) is 0 Å². The molecule has 0 radical (unpaired) electrons. The molecule has 23 heavy (non-hydrogen) atoms. The smallest absolute Gasteiger partial charge is 0.268 e. The fourth-order valence-electron chi connectivity index (χ4n) is 3.35. The molecule has 0 bridgehead atoms. The highest BCUT2D eigenvalue weighted by Gasteiger charge is 2.25. The van der Waals surface area contributed by atoms with Gasteiger partial charge in [-0.25, -0.2) is 0 Å². The summed E-state index contributed by atoms with van der Waals surface area (Å²) < 4.78 is 1.89. The molecule has 4 nitrogen and oxygen atoms in total. The van der Waals surface area contributed by atoms with Crippen LogP contribution in [-0.2, 0) is 13.5 Å². The number of carbonyl (C=O) groups is 1. The van der Waals surface area contributed by atoms with Crippen LogP contribution in [0.15, 0.2) is 42.7 Å². The average Bonchev–Trinajstić information content (AvgIpc) is 3.10. The molecule has 1 atom stereocenters. The fourth-order valence-corrected chi connectivity index (χ4v) is 3.51. The number of nitrogens with one attached hydrogen (secondary N) is 1. The van der Waals surface area contributed by atoms with E-state index >= 15 is 0 Å². The van der Waals surface area contributed by atoms with Crippen molar-refractivity contribution >= 4 is 28.4 Å². The van der Waals surface area contributed by atoms with Gasteiger partial charge in [0.1, 0.15) is 5.69 Å². The SMILES string of the molecule is Cn1c(C(=O)NC2CCc3cnccc32)cc2ccc(Cl)cc21. The van der Waals surface area contributed by atoms with E-state index in [2.05, 4.69) is 10.3 Å². The van der Waals surface area contributed by atoms with Gasteiger partial charge in [0.2, 0.25) is 0 Å². The van der Waals surface area contributed by atoms with Crippen molar-refractivity contribution in [1.82, 2.24) is 14.9 Å². The first-order valence-corrected chi connectivity index (χ1v) is 8.00. The van der Waals surface area contributed by atoms with Gasteiger partial charge in [-0.2, -0.15) is 0 Å². The third-order valence-electron chi connectivity index (χ3n) is 4.56. The fraction of sp³-hybridized carbons (Fsp3) is 0.222. The van der Waals surface area contributed by atoms with Crippen molar-refractivity contribution in [1.29, 1.82) is 0 Å². The van der Waals surface area contributed by atoms with Crippen LogP contribution in [0.3, 0.4) is 0 Å². The maximum atomic E-state index is 12.7. The summed E-state index contributed by atoms with van der Waals surface area (Å²) >= 11 is 6.05. The molecule has 0 saturated carbocycles. The van der Waals surface area contributed by atoms with Crippen LogP contribution in [-0.4, -0.2) is 15.5 Å². The highest BCUT2D eigenvalue weighted by atomic mass is 35.5. The number of rotatable bonds is 2. The normalized spacial score (nSPS) is 16.5. The standard InChI is InChI=1S/C18H16ClN3O/c1-22-16-9-13(19)4-2-11(16)8-17(22)18(23)21-15-5-3-12-10-20-7-6-14(12)15/h2,4,6-10,15H,3,5H2,1H3,(H,21,23). The lowest BCUT2D eigenvalue weighted by atomic mass is 10.1. The minimum absolute atomic E-state index is 0.0575. The summed E-state index contributed by atoms with van der Waals surface area (Å²) in [5.74, 6) is -0.0607. The Kier molecular flexibility index (Phi) is 3.34. The molecule has 1 unspecified atom stereocenters. The largest absolute Gasteiger partial charge is 0.344 e. The van der Waals surface area contributed by atoms with E-state index in [-0.39, 0.29) is 11.9 Å². The molecular formula is C18H16ClN3O. The Hall–Kier alpha value is -2.33. The zero-order valence-corrected chi connectivity index (χ0v) is 13.5. The van der Waals surface area contributed by atoms with Gasteiger partial charge in [-0.1, -0.05) is 17.7 Å². The van der Waals surface area contributed by atoms with Gasteiger partial charge < -0.3 is 9.88 Å². The van der Waals surface area contributed by atoms with Crippen LogP contribution < -0.4 is 5.32 Å². The van der Waals surface area contributed by atoms with Gasteiger partial charge in [0, 0.05) is 35.4 Å². The highest BCUT2D eigenvalue weighted by molar-refractivity contribution is 6.31. The second-order valence-electron chi connectivity index (χ2n) is 5.93. The van der Waals surface area contributed by atoms with E-state index < -0.39 is 0 Å². The lowest BCUT2D eigenvalue weighted by Crippen LogP contribution is -2.28. The van der Waals surface area contributed by atoms with Crippen LogP contribution in [0, 0.1) is 0 Å². The minimum atomic E-state index is -0.0607. The quantitative estimate of drug-likeness (QED) is 0.782. The zero-order chi connectivity index (χ0) is 16.0. The number of amides is 1. The number of carbonyl (C=O) groups excluding carboxylic acids is 1. The van der Waals surface area contributed by atoms with E-state index in [0.29, 0.717) is 10.7 Å². The van der Waals surface area contributed by atoms with Gasteiger partial charge in [0.05, 0.1) is 6.04 Å². The number of aromatic nitrogens is 2. The second-order valence-corrected chi connectivity index (χ2v) is 6.37. The molecular weight excluding hydrogens is 310 g/mol. The molecule has 116 valence electrons. The maximum absolute atomic E-state index is 12.7. The monoisotopic (exact) mass is 325 g/mol. The molecule has 5 heteroatoms. The molecule has 0 spiro atoms. The molecule has 0 aliphatic heterocycles. The molecule has 1 amide bonds. The lowest BCUT2D eigenvalue weighted by molar-refractivity contribution is 0.0929. The first-order valence-electron chi connectivity index (χ1n) is 7.62. The summed E-state index contributed by atoms with van der Waals surface area (Å²) in [5, 5.41) is 4.83. The molecule has 0 fully saturated rings. The van der Waals surface area contributed by atoms with E-state index in [0.717, 1.165) is 23.7 Å². The predicted octanol–water partition coefficient (Wildman–Crippen LogP) is 3.64. The van der Waals surface area contributed by atoms with E-state index in [1.807, 2.05) is 48.1 Å². The first-order chi connectivity index (χ1) is 11.1. The van der Waals surface area contributed by atoms with E-state index in [9.17, 15) is 4.79 Å². The van der Waals surface area contributed by atoms with Crippen molar-refractivity contribution in [3.05, 3.63) is 64.6 Å². The summed E-state index contributed by atoms with van der Waals surface area (Å²) in [6.45, 7) is 0. The van der Waals surface area contributed by atoms with Crippen LogP contribution in [0.2, 0.25) is 5.02 Å². The highest BCUT2D eigenvalue weighted by Crippen LogP contribution is 2.30. The topological polar surface area (TPSA) is 46.9 Å². The Morgan fingerprint density at radius 2 is 2.22 bits per heavy atom. The number of nitrogens with zero attached hydrogens (tertiary/aromatic N) is 2. The summed E-state index contributed by atoms with van der Waals surface area (Å²) in [6.07, 6.45) is 5.55. The van der Waals surface area contributed by atoms with Gasteiger partial charge >= 0.3 is 0 Å². The van der Waals surface area contributed by atoms with Gasteiger partial charge in [-0.05, 0) is 48.2 Å². The van der Waals surface area contributed by atoms with E-state index in [1.165, 1.54) is 11.1 Å². The summed E-state index contributed by atoms with van der Waals surface area (Å²) in [6, 6.07) is 9.61. The van der Waals surface area contributed by atoms with E-state index in [4.69, 9.17) is 11.6 Å². The van der Waals surface area contributed by atoms with Gasteiger partial charge in [0.25, 0.3) is 5.91 Å². The maximum Gasteiger partial charge on any atom is 0.268 e. The first kappa shape index (κ1) is 14.3. The van der Waals surface area contributed by atoms with Gasteiger partial charge in [0.15, 0.2) is 0 Å². The Balaban J connectivity index is 1.64. The van der Waals surface area contributed by atoms with Crippen LogP contribution in [0.5, 0.6) is 0 Å². The number of pyridine rings is 1. The molecule has 1 N–H and O–H groups in total. The summed E-state index contributed by atoms with van der Waals surface area (Å²) in [4.78, 5) is 16.9. The summed E-state index contributed by atoms with van der Waals surface area (Å²) in [7, 11) is 1.89. The number of hydrogen-bond donors (Lipinski definition) is 1. The predicted molar refractivity (Wildman–Crippen MR) is 90.7 cm³/mol. The van der Waals surface area contributed by atoms with Crippen molar-refractivity contribution in [2.75, 3.05) is 0 Å². The Morgan fingerprint density at radius 3 is 3.09 bits per heavy atom. The van der Waals surface area contributed by atoms with Gasteiger partial charge in [-0.15, -0.1) is 0 Å². The van der Waals surface area contributed by atoms with Crippen LogP contribution >= 0.6 is 11.6 Å². The van der Waals surface area contributed by atoms with Crippen molar-refractivity contribution in [2.45, 2.75) is 18.9 Å². The molecule has 0 saturated heterocycles. The molecule has 2 aromatic heterocycles. The Bertz CT molecular complexity index is 916. The van der Waals surface area contributed by atoms with Crippen molar-refractivity contribution in [3.63, 3.8) is 0 Å². The van der Waals surface area contributed by atoms with Crippen LogP contribution in [0.25, 0.3) is 10.9 Å². The zero-order valence-electron chi connectivity index (χ0n) is 12.7. The Morgan fingerprint density at radius 1 is 1.35 bits per heavy atom. The van der Waals surface area contributed by atoms with E-state index in [1.54, 1.807) is 6.20 Å². The third-order valence-corrected chi connectivity index (χ3v) is 4.80. The molecule has 1 aliphatic rings. The number of hydrogen-bond acceptors (Lipinski definition) is 2. The third kappa shape index (κ3) is 2.39. The molecule has 1 aromatic carbocycles.